The number of nitrogens with one attached hydrogen (secondary N) is 1. The van der Waals surface area contributed by atoms with Crippen LogP contribution in [0, 0.1) is 20.8 Å². The summed E-state index contributed by atoms with van der Waals surface area (Å²) in [6, 6.07) is 13.8. The maximum atomic E-state index is 3.67. The molecule has 0 fully saturated rings. The van der Waals surface area contributed by atoms with Gasteiger partial charge in [-0.05, 0) is 55.9 Å². The van der Waals surface area contributed by atoms with Crippen molar-refractivity contribution in [3.05, 3.63) is 64.2 Å². The summed E-state index contributed by atoms with van der Waals surface area (Å²) in [6.07, 6.45) is 0. The minimum Gasteiger partial charge on any atom is -0.378 e. The Bertz CT molecular complexity index is 585. The Morgan fingerprint density at radius 3 is 1.71 bits per heavy atom. The monoisotopic (exact) mass is 281 g/mol. The number of anilines is 1. The van der Waals surface area contributed by atoms with Crippen LogP contribution in [0.1, 0.15) is 60.5 Å². The Morgan fingerprint density at radius 2 is 1.24 bits per heavy atom. The van der Waals surface area contributed by atoms with Gasteiger partial charge in [0.15, 0.2) is 0 Å². The maximum Gasteiger partial charge on any atom is 0.0485 e. The first-order chi connectivity index (χ1) is 9.88. The van der Waals surface area contributed by atoms with Crippen LogP contribution in [0.2, 0.25) is 0 Å². The van der Waals surface area contributed by atoms with E-state index in [1.54, 1.807) is 0 Å². The van der Waals surface area contributed by atoms with Gasteiger partial charge in [-0.1, -0.05) is 55.8 Å². The summed E-state index contributed by atoms with van der Waals surface area (Å²) in [5.41, 5.74) is 7.95. The zero-order valence-corrected chi connectivity index (χ0v) is 14.1. The normalized spacial score (nSPS) is 12.5. The predicted molar refractivity (Wildman–Crippen MR) is 93.2 cm³/mol. The second-order valence-electron chi connectivity index (χ2n) is 6.46. The Morgan fingerprint density at radius 1 is 0.762 bits per heavy atom. The van der Waals surface area contributed by atoms with E-state index in [1.165, 1.54) is 33.5 Å². The molecular formula is C20H27N. The van der Waals surface area contributed by atoms with E-state index < -0.39 is 0 Å². The topological polar surface area (TPSA) is 12.0 Å². The summed E-state index contributed by atoms with van der Waals surface area (Å²) in [7, 11) is 0. The Balaban J connectivity index is 2.20. The first-order valence-corrected chi connectivity index (χ1v) is 7.82. The van der Waals surface area contributed by atoms with E-state index in [0.29, 0.717) is 12.0 Å². The van der Waals surface area contributed by atoms with Gasteiger partial charge in [-0.3, -0.25) is 0 Å². The van der Waals surface area contributed by atoms with Crippen molar-refractivity contribution in [1.82, 2.24) is 0 Å². The van der Waals surface area contributed by atoms with Crippen LogP contribution in [-0.2, 0) is 0 Å². The standard InChI is InChI=1S/C20H27N/c1-13(2)18-7-9-19(10-8-18)17(6)21-20-15(4)11-14(3)12-16(20)5/h7-13,17,21H,1-6H3. The van der Waals surface area contributed by atoms with E-state index in [2.05, 4.69) is 83.3 Å². The van der Waals surface area contributed by atoms with E-state index in [4.69, 9.17) is 0 Å². The van der Waals surface area contributed by atoms with Crippen LogP contribution in [0.5, 0.6) is 0 Å². The minimum atomic E-state index is 0.311. The fourth-order valence-electron chi connectivity index (χ4n) is 2.88. The minimum absolute atomic E-state index is 0.311. The molecule has 112 valence electrons. The van der Waals surface area contributed by atoms with Crippen molar-refractivity contribution in [3.63, 3.8) is 0 Å². The smallest absolute Gasteiger partial charge is 0.0485 e. The maximum absolute atomic E-state index is 3.67. The summed E-state index contributed by atoms with van der Waals surface area (Å²) in [5.74, 6) is 0.587. The Labute approximate surface area is 129 Å². The van der Waals surface area contributed by atoms with Crippen molar-refractivity contribution >= 4 is 5.69 Å². The number of hydrogen-bond donors (Lipinski definition) is 1. The highest BCUT2D eigenvalue weighted by Gasteiger charge is 2.10. The van der Waals surface area contributed by atoms with Gasteiger partial charge < -0.3 is 5.32 Å². The molecule has 0 aromatic heterocycles. The molecule has 0 aliphatic rings. The lowest BCUT2D eigenvalue weighted by Crippen LogP contribution is -2.09. The molecule has 0 bridgehead atoms. The molecule has 0 radical (unpaired) electrons. The Hall–Kier alpha value is -1.76. The first kappa shape index (κ1) is 15.6. The lowest BCUT2D eigenvalue weighted by molar-refractivity contribution is 0.850. The van der Waals surface area contributed by atoms with Gasteiger partial charge in [0.25, 0.3) is 0 Å². The van der Waals surface area contributed by atoms with Crippen molar-refractivity contribution in [1.29, 1.82) is 0 Å². The highest BCUT2D eigenvalue weighted by Crippen LogP contribution is 2.27. The third-order valence-electron chi connectivity index (χ3n) is 4.14. The molecule has 0 spiro atoms. The molecule has 1 unspecified atom stereocenters. The van der Waals surface area contributed by atoms with Crippen LogP contribution in [0.25, 0.3) is 0 Å². The molecule has 0 aliphatic carbocycles. The number of hydrogen-bond acceptors (Lipinski definition) is 1. The molecule has 2 aromatic rings. The molecule has 2 aromatic carbocycles. The van der Waals surface area contributed by atoms with E-state index in [9.17, 15) is 0 Å². The second kappa shape index (κ2) is 6.34. The van der Waals surface area contributed by atoms with Crippen molar-refractivity contribution in [2.24, 2.45) is 0 Å². The summed E-state index contributed by atoms with van der Waals surface area (Å²) in [4.78, 5) is 0. The summed E-state index contributed by atoms with van der Waals surface area (Å²) in [5, 5.41) is 3.67. The van der Waals surface area contributed by atoms with Gasteiger partial charge in [0, 0.05) is 11.7 Å². The van der Waals surface area contributed by atoms with E-state index in [-0.39, 0.29) is 0 Å². The molecular weight excluding hydrogens is 254 g/mol. The quantitative estimate of drug-likeness (QED) is 0.734. The molecule has 0 heterocycles. The van der Waals surface area contributed by atoms with Crippen molar-refractivity contribution in [2.45, 2.75) is 53.5 Å². The second-order valence-corrected chi connectivity index (χ2v) is 6.46. The fraction of sp³-hybridized carbons (Fsp3) is 0.400. The molecule has 0 amide bonds. The molecule has 1 nitrogen and oxygen atoms in total. The third kappa shape index (κ3) is 3.66. The molecule has 1 atom stereocenters. The largest absolute Gasteiger partial charge is 0.378 e. The average Bonchev–Trinajstić information content (AvgIpc) is 2.42. The van der Waals surface area contributed by atoms with E-state index in [1.807, 2.05) is 0 Å². The van der Waals surface area contributed by atoms with E-state index in [0.717, 1.165) is 0 Å². The molecule has 0 saturated carbocycles. The van der Waals surface area contributed by atoms with Crippen LogP contribution >= 0.6 is 0 Å². The highest BCUT2D eigenvalue weighted by atomic mass is 14.9. The van der Waals surface area contributed by atoms with Crippen molar-refractivity contribution in [2.75, 3.05) is 5.32 Å². The molecule has 2 rings (SSSR count). The molecule has 0 saturated heterocycles. The van der Waals surface area contributed by atoms with Crippen molar-refractivity contribution < 1.29 is 0 Å². The zero-order valence-electron chi connectivity index (χ0n) is 14.1. The SMILES string of the molecule is Cc1cc(C)c(NC(C)c2ccc(C(C)C)cc2)c(C)c1. The molecule has 21 heavy (non-hydrogen) atoms. The van der Waals surface area contributed by atoms with Gasteiger partial charge in [0.1, 0.15) is 0 Å². The van der Waals surface area contributed by atoms with Crippen LogP contribution in [0.4, 0.5) is 5.69 Å². The predicted octanol–water partition coefficient (Wildman–Crippen LogP) is 5.91. The van der Waals surface area contributed by atoms with Gasteiger partial charge >= 0.3 is 0 Å². The zero-order chi connectivity index (χ0) is 15.6. The number of benzene rings is 2. The molecule has 1 N–H and O–H groups in total. The van der Waals surface area contributed by atoms with Crippen LogP contribution < -0.4 is 5.32 Å². The Kier molecular flexibility index (Phi) is 4.72. The van der Waals surface area contributed by atoms with Gasteiger partial charge in [0.05, 0.1) is 0 Å². The van der Waals surface area contributed by atoms with Crippen LogP contribution in [-0.4, -0.2) is 0 Å². The summed E-state index contributed by atoms with van der Waals surface area (Å²) < 4.78 is 0. The van der Waals surface area contributed by atoms with Crippen LogP contribution in [0.15, 0.2) is 36.4 Å². The summed E-state index contributed by atoms with van der Waals surface area (Å²) in [6.45, 7) is 13.2. The first-order valence-electron chi connectivity index (χ1n) is 7.82. The van der Waals surface area contributed by atoms with E-state index >= 15 is 0 Å². The van der Waals surface area contributed by atoms with Crippen molar-refractivity contribution in [3.8, 4) is 0 Å². The highest BCUT2D eigenvalue weighted by molar-refractivity contribution is 5.59. The molecule has 1 heteroatoms. The number of aryl methyl sites for hydroxylation is 3. The van der Waals surface area contributed by atoms with Gasteiger partial charge in [-0.25, -0.2) is 0 Å². The number of rotatable bonds is 4. The van der Waals surface area contributed by atoms with Gasteiger partial charge in [-0.2, -0.15) is 0 Å². The van der Waals surface area contributed by atoms with Gasteiger partial charge in [-0.15, -0.1) is 0 Å². The molecule has 0 aliphatic heterocycles. The lowest BCUT2D eigenvalue weighted by Gasteiger charge is -2.20. The third-order valence-corrected chi connectivity index (χ3v) is 4.14. The van der Waals surface area contributed by atoms with Gasteiger partial charge in [0.2, 0.25) is 0 Å². The van der Waals surface area contributed by atoms with Crippen LogP contribution in [0.3, 0.4) is 0 Å². The lowest BCUT2D eigenvalue weighted by atomic mass is 9.98. The fourth-order valence-corrected chi connectivity index (χ4v) is 2.88. The average molecular weight is 281 g/mol. The summed E-state index contributed by atoms with van der Waals surface area (Å²) >= 11 is 0.